The molecule has 0 fully saturated rings. The number of hydrogen-bond acceptors (Lipinski definition) is 2. The molecule has 0 saturated heterocycles. The minimum Gasteiger partial charge on any atom is -0.310 e. The van der Waals surface area contributed by atoms with E-state index < -0.39 is 0 Å². The molecule has 2 aliphatic rings. The second-order valence-electron chi connectivity index (χ2n) is 33.8. The number of benzene rings is 13. The highest BCUT2D eigenvalue weighted by molar-refractivity contribution is 7.00. The Balaban J connectivity index is 1.16. The van der Waals surface area contributed by atoms with Crippen molar-refractivity contribution in [3.05, 3.63) is 324 Å². The fraction of sp³-hybridized carbons (Fsp3) is 0.202. The lowest BCUT2D eigenvalue weighted by Gasteiger charge is -2.46. The maximum Gasteiger partial charge on any atom is 0.252 e. The standard InChI is InChI=1S/C99H92BN3/c1-95(2,3)76-50-74(51-77(60-76)96(4,5)6)84-56-72(66-36-26-19-27-37-66)54-82(68-38-28-20-29-39-68)93(84)102-88-48-44-70(64-32-22-17-23-33-64)58-86(88)100-87-59-71(65-34-24-18-25-35-65)45-49-89(87)103(91-63-80(99(13,14)15)62-90(102)92(91)100)94-83(69-40-30-21-31-41-69)55-73(67-42-46-81(101-16)47-43-67)57-85(94)75-52-78(97(7,8)9)61-79(53-75)98(10,11)12/h17-63H,1-15H3. The van der Waals surface area contributed by atoms with Crippen LogP contribution in [0.3, 0.4) is 0 Å². The van der Waals surface area contributed by atoms with Crippen molar-refractivity contribution in [2.45, 2.75) is 131 Å². The van der Waals surface area contributed by atoms with Gasteiger partial charge in [-0.1, -0.05) is 340 Å². The molecule has 15 rings (SSSR count). The first-order valence-electron chi connectivity index (χ1n) is 36.7. The molecule has 0 saturated carbocycles. The summed E-state index contributed by atoms with van der Waals surface area (Å²) in [7, 11) is 0. The van der Waals surface area contributed by atoms with Crippen LogP contribution in [0.4, 0.5) is 39.8 Å². The van der Waals surface area contributed by atoms with Crippen LogP contribution in [0.2, 0.25) is 0 Å². The molecule has 2 heterocycles. The van der Waals surface area contributed by atoms with Crippen LogP contribution in [0, 0.1) is 6.57 Å². The predicted octanol–water partition coefficient (Wildman–Crippen LogP) is 26.1. The maximum absolute atomic E-state index is 8.04. The molecule has 2 aliphatic heterocycles. The fourth-order valence-corrected chi connectivity index (χ4v) is 15.4. The maximum atomic E-state index is 8.04. The van der Waals surface area contributed by atoms with Crippen molar-refractivity contribution in [2.24, 2.45) is 0 Å². The van der Waals surface area contributed by atoms with Gasteiger partial charge in [-0.2, -0.15) is 0 Å². The van der Waals surface area contributed by atoms with Gasteiger partial charge in [-0.15, -0.1) is 0 Å². The number of anilines is 6. The van der Waals surface area contributed by atoms with Gasteiger partial charge in [0.15, 0.2) is 5.69 Å². The molecule has 0 N–H and O–H groups in total. The van der Waals surface area contributed by atoms with Crippen molar-refractivity contribution in [2.75, 3.05) is 9.80 Å². The molecule has 0 bridgehead atoms. The highest BCUT2D eigenvalue weighted by Gasteiger charge is 2.47. The second kappa shape index (κ2) is 25.8. The first-order valence-corrected chi connectivity index (χ1v) is 36.7. The first-order chi connectivity index (χ1) is 49.2. The zero-order valence-corrected chi connectivity index (χ0v) is 62.6. The lowest BCUT2D eigenvalue weighted by atomic mass is 9.33. The van der Waals surface area contributed by atoms with Crippen molar-refractivity contribution in [3.8, 4) is 89.0 Å². The number of hydrogen-bond donors (Lipinski definition) is 0. The van der Waals surface area contributed by atoms with E-state index in [1.165, 1.54) is 55.3 Å². The summed E-state index contributed by atoms with van der Waals surface area (Å²) in [5.41, 5.74) is 34.6. The van der Waals surface area contributed by atoms with Crippen molar-refractivity contribution < 1.29 is 0 Å². The topological polar surface area (TPSA) is 10.8 Å². The molecule has 0 unspecified atom stereocenters. The van der Waals surface area contributed by atoms with E-state index in [4.69, 9.17) is 6.57 Å². The summed E-state index contributed by atoms with van der Waals surface area (Å²) in [5.74, 6) is 0. The molecule has 103 heavy (non-hydrogen) atoms. The third-order valence-corrected chi connectivity index (χ3v) is 21.4. The lowest BCUT2D eigenvalue weighted by molar-refractivity contribution is 0.568. The Bertz CT molecular complexity index is 5370. The summed E-state index contributed by atoms with van der Waals surface area (Å²) in [5, 5.41) is 0. The molecule has 3 nitrogen and oxygen atoms in total. The third kappa shape index (κ3) is 12.8. The molecule has 0 radical (unpaired) electrons. The van der Waals surface area contributed by atoms with Gasteiger partial charge >= 0.3 is 0 Å². The molecular weight excluding hydrogens is 1240 g/mol. The zero-order valence-electron chi connectivity index (χ0n) is 62.6. The Morgan fingerprint density at radius 3 is 0.825 bits per heavy atom. The normalized spacial score (nSPS) is 12.9. The van der Waals surface area contributed by atoms with Crippen LogP contribution < -0.4 is 26.2 Å². The van der Waals surface area contributed by atoms with Gasteiger partial charge in [-0.3, -0.25) is 0 Å². The Kier molecular flexibility index (Phi) is 17.0. The predicted molar refractivity (Wildman–Crippen MR) is 444 cm³/mol. The molecule has 0 aliphatic carbocycles. The average Bonchev–Trinajstić information content (AvgIpc) is 0.686. The number of nitrogens with zero attached hydrogens (tertiary/aromatic N) is 3. The van der Waals surface area contributed by atoms with E-state index in [9.17, 15) is 0 Å². The second-order valence-corrected chi connectivity index (χ2v) is 33.8. The minimum atomic E-state index is -0.340. The van der Waals surface area contributed by atoms with Gasteiger partial charge in [-0.25, -0.2) is 4.85 Å². The van der Waals surface area contributed by atoms with Crippen LogP contribution in [-0.2, 0) is 27.1 Å². The van der Waals surface area contributed by atoms with Crippen molar-refractivity contribution >= 4 is 62.9 Å². The fourth-order valence-electron chi connectivity index (χ4n) is 15.4. The zero-order chi connectivity index (χ0) is 72.1. The van der Waals surface area contributed by atoms with Gasteiger partial charge in [0.2, 0.25) is 0 Å². The highest BCUT2D eigenvalue weighted by Crippen LogP contribution is 2.56. The van der Waals surface area contributed by atoms with Gasteiger partial charge in [0.05, 0.1) is 17.9 Å². The van der Waals surface area contributed by atoms with E-state index in [2.05, 4.69) is 391 Å². The van der Waals surface area contributed by atoms with Gasteiger partial charge in [-0.05, 0) is 187 Å². The lowest BCUT2D eigenvalue weighted by Crippen LogP contribution is -2.61. The van der Waals surface area contributed by atoms with E-state index in [0.717, 1.165) is 112 Å². The van der Waals surface area contributed by atoms with Crippen LogP contribution in [0.5, 0.6) is 0 Å². The SMILES string of the molecule is [C-]#[N+]c1ccc(-c2cc(-c3ccccc3)c(N3c4ccc(-c5ccccc5)cc4B4c5cc(-c6ccccc6)ccc5N(c5c(-c6ccccc6)cc(-c6ccccc6)cc5-c5cc(C(C)(C)C)cc(C(C)(C)C)c5)c5cc(C(C)(C)C)cc3c54)c(-c3cc(C(C)(C)C)cc(C(C)(C)C)c3)c2)cc1. The van der Waals surface area contributed by atoms with Gasteiger partial charge in [0.1, 0.15) is 0 Å². The van der Waals surface area contributed by atoms with Gasteiger partial charge in [0.25, 0.3) is 6.71 Å². The van der Waals surface area contributed by atoms with E-state index in [1.54, 1.807) is 0 Å². The largest absolute Gasteiger partial charge is 0.310 e. The van der Waals surface area contributed by atoms with Crippen LogP contribution >= 0.6 is 0 Å². The Morgan fingerprint density at radius 2 is 0.515 bits per heavy atom. The molecule has 4 heteroatoms. The summed E-state index contributed by atoms with van der Waals surface area (Å²) < 4.78 is 0. The molecule has 0 aromatic heterocycles. The Morgan fingerprint density at radius 1 is 0.243 bits per heavy atom. The molecule has 0 atom stereocenters. The smallest absolute Gasteiger partial charge is 0.252 e. The van der Waals surface area contributed by atoms with E-state index in [-0.39, 0.29) is 33.8 Å². The van der Waals surface area contributed by atoms with Crippen LogP contribution in [-0.4, -0.2) is 6.71 Å². The first kappa shape index (κ1) is 67.8. The van der Waals surface area contributed by atoms with E-state index in [0.29, 0.717) is 5.69 Å². The van der Waals surface area contributed by atoms with E-state index >= 15 is 0 Å². The molecule has 506 valence electrons. The molecular formula is C99H92BN3. The van der Waals surface area contributed by atoms with Crippen LogP contribution in [0.25, 0.3) is 93.9 Å². The molecule has 0 spiro atoms. The number of fused-ring (bicyclic) bond motifs is 4. The summed E-state index contributed by atoms with van der Waals surface area (Å²) >= 11 is 0. The van der Waals surface area contributed by atoms with Crippen molar-refractivity contribution in [1.82, 2.24) is 0 Å². The summed E-state index contributed by atoms with van der Waals surface area (Å²) in [4.78, 5) is 9.31. The Labute approximate surface area is 613 Å². The average molecular weight is 1330 g/mol. The minimum absolute atomic E-state index is 0.162. The van der Waals surface area contributed by atoms with Gasteiger partial charge < -0.3 is 9.80 Å². The van der Waals surface area contributed by atoms with Gasteiger partial charge in [0, 0.05) is 45.0 Å². The Hall–Kier alpha value is -11.0. The van der Waals surface area contributed by atoms with E-state index in [1.807, 2.05) is 12.1 Å². The number of rotatable bonds is 10. The molecule has 13 aromatic rings. The monoisotopic (exact) mass is 1330 g/mol. The quantitative estimate of drug-likeness (QED) is 0.0998. The van der Waals surface area contributed by atoms with Crippen LogP contribution in [0.15, 0.2) is 285 Å². The van der Waals surface area contributed by atoms with Crippen molar-refractivity contribution in [1.29, 1.82) is 0 Å². The summed E-state index contributed by atoms with van der Waals surface area (Å²) in [6, 6.07) is 108. The molecule has 13 aromatic carbocycles. The molecule has 0 amide bonds. The third-order valence-electron chi connectivity index (χ3n) is 21.4. The van der Waals surface area contributed by atoms with Crippen LogP contribution in [0.1, 0.15) is 132 Å². The summed E-state index contributed by atoms with van der Waals surface area (Å²) in [6.07, 6.45) is 0. The van der Waals surface area contributed by atoms with Crippen molar-refractivity contribution in [3.63, 3.8) is 0 Å². The summed E-state index contributed by atoms with van der Waals surface area (Å²) in [6.45, 7) is 43.2. The highest BCUT2D eigenvalue weighted by atomic mass is 15.2.